The van der Waals surface area contributed by atoms with E-state index in [1.165, 1.54) is 0 Å². The zero-order valence-electron chi connectivity index (χ0n) is 23.0. The molecular weight excluding hydrogens is 524 g/mol. The number of amides is 4. The number of thioether (sulfide) groups is 1. The van der Waals surface area contributed by atoms with Crippen LogP contribution in [-0.4, -0.2) is 100.0 Å². The van der Waals surface area contributed by atoms with Crippen molar-refractivity contribution in [1.82, 2.24) is 21.3 Å². The normalized spacial score (nSPS) is 25.1. The predicted molar refractivity (Wildman–Crippen MR) is 150 cm³/mol. The van der Waals surface area contributed by atoms with E-state index in [9.17, 15) is 14.4 Å². The molecule has 0 aromatic carbocycles. The van der Waals surface area contributed by atoms with Gasteiger partial charge in [0.05, 0.1) is 51.7 Å². The fourth-order valence-electron chi connectivity index (χ4n) is 4.83. The van der Waals surface area contributed by atoms with Gasteiger partial charge in [-0.3, -0.25) is 4.79 Å². The standard InChI is InChI=1S/C27H46N4O7S/c32-24(11-7-6-10-23-25-22(20-39-23)30-26(33)31-25)28-12-14-35-16-18-37-19-17-36-15-13-29-27(34)38-21-8-4-2-1-3-5-9-21/h1-2,21-23,25H,3-20H2,(H,28,32)(H,29,34)(H2,30,31,33)/b2-1-/t21-,22+,23+,25+/m1/s1. The van der Waals surface area contributed by atoms with Crippen LogP contribution in [0.1, 0.15) is 57.8 Å². The highest BCUT2D eigenvalue weighted by Crippen LogP contribution is 2.33. The number of unbranched alkanes of at least 4 members (excludes halogenated alkanes) is 1. The number of carbonyl (C=O) groups is 3. The number of rotatable bonds is 18. The lowest BCUT2D eigenvalue weighted by molar-refractivity contribution is -0.121. The number of ether oxygens (including phenoxy) is 4. The van der Waals surface area contributed by atoms with E-state index >= 15 is 0 Å². The topological polar surface area (TPSA) is 136 Å². The molecule has 1 aliphatic carbocycles. The molecule has 11 nitrogen and oxygen atoms in total. The molecule has 0 aromatic heterocycles. The van der Waals surface area contributed by atoms with Crippen LogP contribution in [0.2, 0.25) is 0 Å². The van der Waals surface area contributed by atoms with E-state index in [1.807, 2.05) is 11.8 Å². The first-order chi connectivity index (χ1) is 19.1. The maximum absolute atomic E-state index is 12.0. The molecule has 0 spiro atoms. The molecule has 12 heteroatoms. The number of hydrogen-bond donors (Lipinski definition) is 4. The number of hydrogen-bond acceptors (Lipinski definition) is 8. The molecule has 2 heterocycles. The van der Waals surface area contributed by atoms with Gasteiger partial charge in [-0.15, -0.1) is 0 Å². The second-order valence-electron chi connectivity index (χ2n) is 9.99. The summed E-state index contributed by atoms with van der Waals surface area (Å²) < 4.78 is 21.9. The van der Waals surface area contributed by atoms with E-state index in [-0.39, 0.29) is 36.2 Å². The van der Waals surface area contributed by atoms with Gasteiger partial charge >= 0.3 is 12.1 Å². The SMILES string of the molecule is O=C(CCCC[C@@H]1SC[C@@H]2NC(=O)N[C@@H]21)NCCOCCOCCOCCNC(=O)O[C@@H]1CC/C=C\CCC1. The van der Waals surface area contributed by atoms with Crippen LogP contribution in [-0.2, 0) is 23.7 Å². The van der Waals surface area contributed by atoms with Gasteiger partial charge in [0.1, 0.15) is 6.10 Å². The summed E-state index contributed by atoms with van der Waals surface area (Å²) in [5, 5.41) is 12.0. The molecule has 0 radical (unpaired) electrons. The van der Waals surface area contributed by atoms with E-state index < -0.39 is 0 Å². The molecule has 0 aromatic rings. The smallest absolute Gasteiger partial charge is 0.407 e. The van der Waals surface area contributed by atoms with Gasteiger partial charge in [0.25, 0.3) is 0 Å². The Kier molecular flexibility index (Phi) is 15.4. The third-order valence-corrected chi connectivity index (χ3v) is 8.41. The summed E-state index contributed by atoms with van der Waals surface area (Å²) >= 11 is 1.90. The first kappa shape index (κ1) is 31.5. The Hall–Kier alpha value is -2.02. The molecule has 4 N–H and O–H groups in total. The Bertz CT molecular complexity index is 772. The van der Waals surface area contributed by atoms with Crippen molar-refractivity contribution in [3.63, 3.8) is 0 Å². The molecule has 4 amide bonds. The molecule has 3 rings (SSSR count). The monoisotopic (exact) mass is 570 g/mol. The van der Waals surface area contributed by atoms with Crippen LogP contribution in [0.25, 0.3) is 0 Å². The summed E-state index contributed by atoms with van der Waals surface area (Å²) in [5.74, 6) is 1.00. The second kappa shape index (κ2) is 19.1. The van der Waals surface area contributed by atoms with Gasteiger partial charge in [-0.05, 0) is 44.9 Å². The van der Waals surface area contributed by atoms with E-state index in [0.717, 1.165) is 57.1 Å². The lowest BCUT2D eigenvalue weighted by Crippen LogP contribution is -2.36. The van der Waals surface area contributed by atoms with Crippen LogP contribution in [0.15, 0.2) is 12.2 Å². The van der Waals surface area contributed by atoms with Gasteiger partial charge in [-0.2, -0.15) is 11.8 Å². The van der Waals surface area contributed by atoms with Crippen LogP contribution in [0.4, 0.5) is 9.59 Å². The highest BCUT2D eigenvalue weighted by molar-refractivity contribution is 8.00. The van der Waals surface area contributed by atoms with Crippen LogP contribution < -0.4 is 21.3 Å². The molecule has 0 unspecified atom stereocenters. The number of urea groups is 1. The molecule has 4 atom stereocenters. The number of nitrogens with one attached hydrogen (secondary N) is 4. The highest BCUT2D eigenvalue weighted by Gasteiger charge is 2.42. The number of carbonyl (C=O) groups excluding carboxylic acids is 3. The zero-order valence-corrected chi connectivity index (χ0v) is 23.8. The van der Waals surface area contributed by atoms with E-state index in [0.29, 0.717) is 64.4 Å². The van der Waals surface area contributed by atoms with E-state index in [1.54, 1.807) is 0 Å². The van der Waals surface area contributed by atoms with Crippen molar-refractivity contribution in [3.05, 3.63) is 12.2 Å². The van der Waals surface area contributed by atoms with Gasteiger partial charge < -0.3 is 40.2 Å². The minimum atomic E-state index is -0.381. The lowest BCUT2D eigenvalue weighted by Gasteiger charge is -2.18. The van der Waals surface area contributed by atoms with Gasteiger partial charge in [0, 0.05) is 30.5 Å². The van der Waals surface area contributed by atoms with Crippen molar-refractivity contribution in [2.75, 3.05) is 58.5 Å². The molecule has 2 fully saturated rings. The maximum Gasteiger partial charge on any atom is 0.407 e. The Morgan fingerprint density at radius 2 is 1.62 bits per heavy atom. The van der Waals surface area contributed by atoms with Crippen molar-refractivity contribution in [1.29, 1.82) is 0 Å². The Labute approximate surface area is 236 Å². The van der Waals surface area contributed by atoms with Gasteiger partial charge in [-0.1, -0.05) is 18.6 Å². The van der Waals surface area contributed by atoms with Crippen LogP contribution in [0, 0.1) is 0 Å². The van der Waals surface area contributed by atoms with Crippen molar-refractivity contribution < 1.29 is 33.3 Å². The summed E-state index contributed by atoms with van der Waals surface area (Å²) in [7, 11) is 0. The van der Waals surface area contributed by atoms with Crippen LogP contribution >= 0.6 is 11.8 Å². The first-order valence-electron chi connectivity index (χ1n) is 14.4. The second-order valence-corrected chi connectivity index (χ2v) is 11.3. The number of fused-ring (bicyclic) bond motifs is 1. The van der Waals surface area contributed by atoms with E-state index in [4.69, 9.17) is 18.9 Å². The Morgan fingerprint density at radius 3 is 2.41 bits per heavy atom. The fraction of sp³-hybridized carbons (Fsp3) is 0.815. The Balaban J connectivity index is 1.02. The highest BCUT2D eigenvalue weighted by atomic mass is 32.2. The first-order valence-corrected chi connectivity index (χ1v) is 15.4. The molecular formula is C27H46N4O7S. The third-order valence-electron chi connectivity index (χ3n) is 6.90. The van der Waals surface area contributed by atoms with Crippen molar-refractivity contribution in [2.24, 2.45) is 0 Å². The Morgan fingerprint density at radius 1 is 0.897 bits per heavy atom. The summed E-state index contributed by atoms with van der Waals surface area (Å²) in [6.45, 7) is 3.52. The van der Waals surface area contributed by atoms with Gasteiger partial charge in [-0.25, -0.2) is 9.59 Å². The lowest BCUT2D eigenvalue weighted by atomic mass is 10.0. The largest absolute Gasteiger partial charge is 0.446 e. The van der Waals surface area contributed by atoms with Crippen LogP contribution in [0.5, 0.6) is 0 Å². The molecule has 2 saturated heterocycles. The number of alkyl carbamates (subject to hydrolysis) is 1. The van der Waals surface area contributed by atoms with E-state index in [2.05, 4.69) is 33.4 Å². The molecule has 39 heavy (non-hydrogen) atoms. The maximum atomic E-state index is 12.0. The number of allylic oxidation sites excluding steroid dienone is 2. The van der Waals surface area contributed by atoms with Gasteiger partial charge in [0.2, 0.25) is 5.91 Å². The quantitative estimate of drug-likeness (QED) is 0.112. The minimum Gasteiger partial charge on any atom is -0.446 e. The zero-order chi connectivity index (χ0) is 27.5. The van der Waals surface area contributed by atoms with Crippen molar-refractivity contribution in [3.8, 4) is 0 Å². The predicted octanol–water partition coefficient (Wildman–Crippen LogP) is 2.49. The fourth-order valence-corrected chi connectivity index (χ4v) is 6.37. The average molecular weight is 571 g/mol. The van der Waals surface area contributed by atoms with Crippen molar-refractivity contribution >= 4 is 29.8 Å². The molecule has 0 bridgehead atoms. The summed E-state index contributed by atoms with van der Waals surface area (Å²) in [4.78, 5) is 35.3. The molecule has 0 saturated carbocycles. The average Bonchev–Trinajstić information content (AvgIpc) is 3.45. The third kappa shape index (κ3) is 13.3. The van der Waals surface area contributed by atoms with Crippen molar-refractivity contribution in [2.45, 2.75) is 81.2 Å². The molecule has 222 valence electrons. The summed E-state index contributed by atoms with van der Waals surface area (Å²) in [5.41, 5.74) is 0. The molecule has 3 aliphatic rings. The summed E-state index contributed by atoms with van der Waals surface area (Å²) in [6, 6.07) is 0.415. The van der Waals surface area contributed by atoms with Gasteiger partial charge in [0.15, 0.2) is 0 Å². The molecule has 2 aliphatic heterocycles. The summed E-state index contributed by atoms with van der Waals surface area (Å²) in [6.07, 6.45) is 12.1. The minimum absolute atomic E-state index is 0.00938. The van der Waals surface area contributed by atoms with Crippen LogP contribution in [0.3, 0.4) is 0 Å².